The van der Waals surface area contributed by atoms with E-state index >= 15 is 0 Å². The average Bonchev–Trinajstić information content (AvgIpc) is 3.56. The molecular weight excluding hydrogens is 504 g/mol. The number of allylic oxidation sites excluding steroid dienone is 4. The van der Waals surface area contributed by atoms with Gasteiger partial charge in [0, 0.05) is 34.9 Å². The normalized spacial score (nSPS) is 13.1. The number of carboxylic acid groups (broad SMARTS) is 2. The molecule has 8 bridgehead atoms. The van der Waals surface area contributed by atoms with Crippen LogP contribution in [0.25, 0.3) is 44.4 Å². The van der Waals surface area contributed by atoms with Gasteiger partial charge in [-0.15, -0.1) is 6.42 Å². The van der Waals surface area contributed by atoms with Crippen molar-refractivity contribution < 1.29 is 19.8 Å². The minimum Gasteiger partial charge on any atom is -0.481 e. The van der Waals surface area contributed by atoms with Crippen molar-refractivity contribution in [2.45, 2.75) is 53.4 Å². The van der Waals surface area contributed by atoms with E-state index in [0.717, 1.165) is 61.2 Å². The zero-order valence-electron chi connectivity index (χ0n) is 22.9. The molecule has 2 aliphatic heterocycles. The van der Waals surface area contributed by atoms with E-state index < -0.39 is 11.9 Å². The summed E-state index contributed by atoms with van der Waals surface area (Å²) in [6.07, 6.45) is 6.48. The van der Waals surface area contributed by atoms with Gasteiger partial charge in [-0.3, -0.25) is 9.59 Å². The lowest BCUT2D eigenvalue weighted by Gasteiger charge is -2.03. The SMILES string of the molecule is C#CC1=C(C)c2cc3cc(C)c(cc4[nH]c(cc5nc(cc1n2)C(C)=C5CCC(=O)O)c(CCC(=O)O)c4C)[nH]3. The van der Waals surface area contributed by atoms with E-state index in [1.807, 2.05) is 52.0 Å². The Hall–Kier alpha value is -4.90. The molecule has 3 aromatic heterocycles. The lowest BCUT2D eigenvalue weighted by molar-refractivity contribution is -0.137. The average molecular weight is 535 g/mol. The predicted molar refractivity (Wildman–Crippen MR) is 157 cm³/mol. The Morgan fingerprint density at radius 3 is 2.15 bits per heavy atom. The van der Waals surface area contributed by atoms with Gasteiger partial charge in [0.05, 0.1) is 28.3 Å². The van der Waals surface area contributed by atoms with E-state index in [1.54, 1.807) is 0 Å². The maximum atomic E-state index is 11.5. The first kappa shape index (κ1) is 26.7. The van der Waals surface area contributed by atoms with Gasteiger partial charge in [0.15, 0.2) is 0 Å². The highest BCUT2D eigenvalue weighted by molar-refractivity contribution is 6.00. The number of hydrogen-bond acceptors (Lipinski definition) is 4. The minimum atomic E-state index is -0.895. The molecule has 0 spiro atoms. The quantitative estimate of drug-likeness (QED) is 0.274. The first-order chi connectivity index (χ1) is 19.0. The molecule has 202 valence electrons. The summed E-state index contributed by atoms with van der Waals surface area (Å²) in [7, 11) is 0. The number of rotatable bonds is 6. The van der Waals surface area contributed by atoms with Crippen LogP contribution >= 0.6 is 0 Å². The number of terminal acetylenes is 1. The molecule has 5 heterocycles. The zero-order valence-corrected chi connectivity index (χ0v) is 22.9. The van der Waals surface area contributed by atoms with Crippen molar-refractivity contribution in [1.29, 1.82) is 0 Å². The number of nitrogens with one attached hydrogen (secondary N) is 2. The summed E-state index contributed by atoms with van der Waals surface area (Å²) < 4.78 is 0. The lowest BCUT2D eigenvalue weighted by atomic mass is 10.00. The topological polar surface area (TPSA) is 132 Å². The highest BCUT2D eigenvalue weighted by atomic mass is 16.4. The van der Waals surface area contributed by atoms with Gasteiger partial charge in [0.25, 0.3) is 0 Å². The first-order valence-electron chi connectivity index (χ1n) is 13.1. The molecule has 0 aromatic carbocycles. The highest BCUT2D eigenvalue weighted by Gasteiger charge is 2.21. The number of carbonyl (C=O) groups is 2. The van der Waals surface area contributed by atoms with Crippen molar-refractivity contribution in [3.63, 3.8) is 0 Å². The van der Waals surface area contributed by atoms with Crippen LogP contribution in [-0.2, 0) is 16.0 Å². The Kier molecular flexibility index (Phi) is 6.90. The lowest BCUT2D eigenvalue weighted by Crippen LogP contribution is -1.98. The molecule has 2 aliphatic rings. The van der Waals surface area contributed by atoms with Crippen LogP contribution in [0.5, 0.6) is 0 Å². The van der Waals surface area contributed by atoms with E-state index in [9.17, 15) is 19.8 Å². The maximum Gasteiger partial charge on any atom is 0.303 e. The fraction of sp³-hybridized carbons (Fsp3) is 0.250. The fourth-order valence-corrected chi connectivity index (χ4v) is 5.34. The standard InChI is InChI=1S/C32H30N4O4/c1-6-21-17(3)25-12-20-11-16(2)24(33-20)13-26-18(4)22(7-9-31(37)38)29(35-26)15-30-23(8-10-32(39)40)19(5)27(36-30)14-28(21)34-25/h1,11-15,33,35H,7-10H2,2-5H3,(H,37,38)(H,39,40). The highest BCUT2D eigenvalue weighted by Crippen LogP contribution is 2.36. The number of aliphatic carboxylic acids is 2. The molecular formula is C32H30N4O4. The molecule has 0 atom stereocenters. The Morgan fingerprint density at radius 1 is 0.775 bits per heavy atom. The molecule has 0 fully saturated rings. The second-order valence-electron chi connectivity index (χ2n) is 10.3. The van der Waals surface area contributed by atoms with E-state index in [0.29, 0.717) is 35.5 Å². The molecule has 5 rings (SSSR count). The third kappa shape index (κ3) is 4.94. The number of hydrogen-bond donors (Lipinski definition) is 4. The minimum absolute atomic E-state index is 0.0169. The van der Waals surface area contributed by atoms with Crippen LogP contribution in [0.4, 0.5) is 0 Å². The van der Waals surface area contributed by atoms with Gasteiger partial charge in [0.1, 0.15) is 0 Å². The molecule has 4 N–H and O–H groups in total. The zero-order chi connectivity index (χ0) is 28.7. The second kappa shape index (κ2) is 10.3. The molecule has 0 saturated heterocycles. The number of aromatic amines is 2. The van der Waals surface area contributed by atoms with Gasteiger partial charge in [-0.2, -0.15) is 0 Å². The van der Waals surface area contributed by atoms with Gasteiger partial charge >= 0.3 is 11.9 Å². The molecule has 0 unspecified atom stereocenters. The van der Waals surface area contributed by atoms with Crippen molar-refractivity contribution in [3.8, 4) is 12.3 Å². The molecule has 3 aromatic rings. The number of aryl methyl sites for hydroxylation is 3. The van der Waals surface area contributed by atoms with Crippen LogP contribution in [0.1, 0.15) is 72.6 Å². The van der Waals surface area contributed by atoms with Gasteiger partial charge in [-0.05, 0) is 104 Å². The number of fused-ring (bicyclic) bond motifs is 8. The number of carboxylic acids is 2. The Morgan fingerprint density at radius 2 is 1.45 bits per heavy atom. The molecule has 0 aliphatic carbocycles. The van der Waals surface area contributed by atoms with Crippen molar-refractivity contribution in [1.82, 2.24) is 19.9 Å². The fourth-order valence-electron chi connectivity index (χ4n) is 5.34. The van der Waals surface area contributed by atoms with Gasteiger partial charge < -0.3 is 20.2 Å². The van der Waals surface area contributed by atoms with E-state index in [-0.39, 0.29) is 12.8 Å². The molecule has 8 nitrogen and oxygen atoms in total. The summed E-state index contributed by atoms with van der Waals surface area (Å²) in [6.45, 7) is 7.87. The third-order valence-corrected chi connectivity index (χ3v) is 7.63. The van der Waals surface area contributed by atoms with Crippen molar-refractivity contribution >= 4 is 56.3 Å². The number of nitrogens with zero attached hydrogens (tertiary/aromatic N) is 2. The Labute approximate surface area is 231 Å². The van der Waals surface area contributed by atoms with Crippen LogP contribution in [0.3, 0.4) is 0 Å². The van der Waals surface area contributed by atoms with Crippen LogP contribution in [0, 0.1) is 26.2 Å². The summed E-state index contributed by atoms with van der Waals surface area (Å²) >= 11 is 0. The van der Waals surface area contributed by atoms with Crippen LogP contribution in [0.15, 0.2) is 30.3 Å². The van der Waals surface area contributed by atoms with E-state index in [4.69, 9.17) is 16.4 Å². The molecule has 40 heavy (non-hydrogen) atoms. The number of H-pyrrole nitrogens is 2. The molecule has 0 radical (unpaired) electrons. The maximum absolute atomic E-state index is 11.5. The molecule has 0 amide bonds. The molecule has 8 heteroatoms. The summed E-state index contributed by atoms with van der Waals surface area (Å²) in [5.41, 5.74) is 12.2. The Balaban J connectivity index is 1.90. The van der Waals surface area contributed by atoms with E-state index in [1.165, 1.54) is 0 Å². The predicted octanol–water partition coefficient (Wildman–Crippen LogP) is 6.31. The van der Waals surface area contributed by atoms with Gasteiger partial charge in [0.2, 0.25) is 0 Å². The largest absolute Gasteiger partial charge is 0.481 e. The smallest absolute Gasteiger partial charge is 0.303 e. The summed E-state index contributed by atoms with van der Waals surface area (Å²) in [4.78, 5) is 39.6. The van der Waals surface area contributed by atoms with Crippen molar-refractivity contribution in [2.75, 3.05) is 0 Å². The third-order valence-electron chi connectivity index (χ3n) is 7.63. The molecule has 0 saturated carbocycles. The van der Waals surface area contributed by atoms with Crippen LogP contribution < -0.4 is 0 Å². The van der Waals surface area contributed by atoms with Gasteiger partial charge in [-0.1, -0.05) is 5.92 Å². The van der Waals surface area contributed by atoms with E-state index in [2.05, 4.69) is 22.0 Å². The monoisotopic (exact) mass is 534 g/mol. The van der Waals surface area contributed by atoms with Crippen LogP contribution in [0.2, 0.25) is 0 Å². The van der Waals surface area contributed by atoms with Crippen LogP contribution in [-0.4, -0.2) is 42.1 Å². The Bertz CT molecular complexity index is 1860. The second-order valence-corrected chi connectivity index (χ2v) is 10.3. The number of aromatic nitrogens is 4. The summed E-state index contributed by atoms with van der Waals surface area (Å²) in [5.74, 6) is 1.00. The van der Waals surface area contributed by atoms with Crippen molar-refractivity contribution in [3.05, 3.63) is 69.8 Å². The summed E-state index contributed by atoms with van der Waals surface area (Å²) in [6, 6.07) is 9.80. The van der Waals surface area contributed by atoms with Crippen molar-refractivity contribution in [2.24, 2.45) is 0 Å². The summed E-state index contributed by atoms with van der Waals surface area (Å²) in [5, 5.41) is 18.8. The first-order valence-corrected chi connectivity index (χ1v) is 13.1. The van der Waals surface area contributed by atoms with Gasteiger partial charge in [-0.25, -0.2) is 9.97 Å².